The standard InChI is InChI=1S/C16H22N2O3/c1-4-18(10-12-8-15(19)17-16(12)20)13-6-5-7-14(9-13)21-11(2)3/h5-7,9,11-12H,4,8,10H2,1-3H3,(H,17,19,20)/t12-/m1/s1. The quantitative estimate of drug-likeness (QED) is 0.814. The van der Waals surface area contributed by atoms with Gasteiger partial charge in [-0.2, -0.15) is 0 Å². The fraction of sp³-hybridized carbons (Fsp3) is 0.500. The lowest BCUT2D eigenvalue weighted by Crippen LogP contribution is -2.33. The number of ether oxygens (including phenoxy) is 1. The highest BCUT2D eigenvalue weighted by molar-refractivity contribution is 6.03. The first-order chi connectivity index (χ1) is 9.99. The smallest absolute Gasteiger partial charge is 0.231 e. The van der Waals surface area contributed by atoms with E-state index in [4.69, 9.17) is 4.74 Å². The Morgan fingerprint density at radius 2 is 2.14 bits per heavy atom. The van der Waals surface area contributed by atoms with Crippen LogP contribution in [-0.4, -0.2) is 31.0 Å². The van der Waals surface area contributed by atoms with E-state index in [1.165, 1.54) is 0 Å². The largest absolute Gasteiger partial charge is 0.491 e. The van der Waals surface area contributed by atoms with Gasteiger partial charge in [0.2, 0.25) is 11.8 Å². The molecule has 21 heavy (non-hydrogen) atoms. The van der Waals surface area contributed by atoms with Crippen molar-refractivity contribution in [1.29, 1.82) is 0 Å². The van der Waals surface area contributed by atoms with E-state index in [-0.39, 0.29) is 30.3 Å². The molecule has 0 saturated carbocycles. The summed E-state index contributed by atoms with van der Waals surface area (Å²) in [6.45, 7) is 7.31. The molecular formula is C16H22N2O3. The third-order valence-electron chi connectivity index (χ3n) is 3.44. The van der Waals surface area contributed by atoms with Crippen LogP contribution < -0.4 is 15.0 Å². The van der Waals surface area contributed by atoms with Gasteiger partial charge in [-0.05, 0) is 32.9 Å². The summed E-state index contributed by atoms with van der Waals surface area (Å²) in [5.41, 5.74) is 1.00. The van der Waals surface area contributed by atoms with Gasteiger partial charge < -0.3 is 9.64 Å². The molecule has 5 nitrogen and oxygen atoms in total. The van der Waals surface area contributed by atoms with Gasteiger partial charge in [-0.3, -0.25) is 14.9 Å². The fourth-order valence-electron chi connectivity index (χ4n) is 2.46. The summed E-state index contributed by atoms with van der Waals surface area (Å²) < 4.78 is 5.70. The first-order valence-corrected chi connectivity index (χ1v) is 7.35. The van der Waals surface area contributed by atoms with Crippen molar-refractivity contribution in [3.05, 3.63) is 24.3 Å². The monoisotopic (exact) mass is 290 g/mol. The number of nitrogens with zero attached hydrogens (tertiary/aromatic N) is 1. The van der Waals surface area contributed by atoms with E-state index < -0.39 is 0 Å². The van der Waals surface area contributed by atoms with Crippen LogP contribution in [-0.2, 0) is 9.59 Å². The van der Waals surface area contributed by atoms with Crippen LogP contribution in [0.15, 0.2) is 24.3 Å². The van der Waals surface area contributed by atoms with Gasteiger partial charge in [0.1, 0.15) is 5.75 Å². The van der Waals surface area contributed by atoms with Gasteiger partial charge in [-0.25, -0.2) is 0 Å². The van der Waals surface area contributed by atoms with E-state index in [1.54, 1.807) is 0 Å². The molecule has 1 aliphatic rings. The molecule has 0 radical (unpaired) electrons. The molecule has 2 amide bonds. The number of hydrogen-bond acceptors (Lipinski definition) is 4. The summed E-state index contributed by atoms with van der Waals surface area (Å²) in [5.74, 6) is 0.186. The maximum absolute atomic E-state index is 11.7. The average Bonchev–Trinajstić information content (AvgIpc) is 2.73. The highest BCUT2D eigenvalue weighted by atomic mass is 16.5. The van der Waals surface area contributed by atoms with E-state index in [9.17, 15) is 9.59 Å². The van der Waals surface area contributed by atoms with Crippen LogP contribution in [0.25, 0.3) is 0 Å². The van der Waals surface area contributed by atoms with Gasteiger partial charge in [-0.15, -0.1) is 0 Å². The van der Waals surface area contributed by atoms with Crippen molar-refractivity contribution in [2.45, 2.75) is 33.3 Å². The first kappa shape index (κ1) is 15.4. The maximum atomic E-state index is 11.7. The van der Waals surface area contributed by atoms with Crippen molar-refractivity contribution in [2.75, 3.05) is 18.0 Å². The molecule has 1 aromatic carbocycles. The second-order valence-corrected chi connectivity index (χ2v) is 5.52. The molecule has 1 aromatic rings. The predicted octanol–water partition coefficient (Wildman–Crippen LogP) is 1.96. The minimum absolute atomic E-state index is 0.119. The number of imide groups is 1. The number of amides is 2. The van der Waals surface area contributed by atoms with Crippen LogP contribution in [0.5, 0.6) is 5.75 Å². The Morgan fingerprint density at radius 3 is 2.71 bits per heavy atom. The molecule has 0 spiro atoms. The molecule has 5 heteroatoms. The number of benzene rings is 1. The van der Waals surface area contributed by atoms with Gasteiger partial charge in [0.25, 0.3) is 0 Å². The first-order valence-electron chi connectivity index (χ1n) is 7.35. The molecule has 1 aliphatic heterocycles. The number of carbonyl (C=O) groups is 2. The molecule has 114 valence electrons. The van der Waals surface area contributed by atoms with Gasteiger partial charge in [0.05, 0.1) is 12.0 Å². The second-order valence-electron chi connectivity index (χ2n) is 5.52. The van der Waals surface area contributed by atoms with Crippen molar-refractivity contribution in [3.8, 4) is 5.75 Å². The van der Waals surface area contributed by atoms with Crippen molar-refractivity contribution >= 4 is 17.5 Å². The van der Waals surface area contributed by atoms with E-state index in [2.05, 4.69) is 10.2 Å². The predicted molar refractivity (Wildman–Crippen MR) is 81.3 cm³/mol. The second kappa shape index (κ2) is 6.61. The molecule has 2 rings (SSSR count). The van der Waals surface area contributed by atoms with Crippen molar-refractivity contribution in [1.82, 2.24) is 5.32 Å². The summed E-state index contributed by atoms with van der Waals surface area (Å²) in [7, 11) is 0. The van der Waals surface area contributed by atoms with Gasteiger partial charge >= 0.3 is 0 Å². The van der Waals surface area contributed by atoms with Gasteiger partial charge in [0, 0.05) is 31.3 Å². The molecule has 1 fully saturated rings. The lowest BCUT2D eigenvalue weighted by atomic mass is 10.1. The van der Waals surface area contributed by atoms with Gasteiger partial charge in [0.15, 0.2) is 0 Å². The van der Waals surface area contributed by atoms with Crippen molar-refractivity contribution in [3.63, 3.8) is 0 Å². The summed E-state index contributed by atoms with van der Waals surface area (Å²) in [4.78, 5) is 25.1. The normalized spacial score (nSPS) is 18.0. The number of carbonyl (C=O) groups excluding carboxylic acids is 2. The zero-order chi connectivity index (χ0) is 15.4. The van der Waals surface area contributed by atoms with Crippen LogP contribution in [0.1, 0.15) is 27.2 Å². The lowest BCUT2D eigenvalue weighted by molar-refractivity contribution is -0.125. The Balaban J connectivity index is 2.10. The fourth-order valence-corrected chi connectivity index (χ4v) is 2.46. The highest BCUT2D eigenvalue weighted by Crippen LogP contribution is 2.24. The van der Waals surface area contributed by atoms with Crippen LogP contribution in [0.4, 0.5) is 5.69 Å². The number of nitrogens with one attached hydrogen (secondary N) is 1. The molecule has 1 atom stereocenters. The zero-order valence-corrected chi connectivity index (χ0v) is 12.8. The van der Waals surface area contributed by atoms with Crippen molar-refractivity contribution < 1.29 is 14.3 Å². The van der Waals surface area contributed by atoms with Crippen LogP contribution in [0.3, 0.4) is 0 Å². The van der Waals surface area contributed by atoms with Crippen LogP contribution in [0, 0.1) is 5.92 Å². The zero-order valence-electron chi connectivity index (χ0n) is 12.8. The molecule has 0 aromatic heterocycles. The topological polar surface area (TPSA) is 58.6 Å². The Morgan fingerprint density at radius 1 is 1.38 bits per heavy atom. The molecule has 0 aliphatic carbocycles. The minimum Gasteiger partial charge on any atom is -0.491 e. The van der Waals surface area contributed by atoms with E-state index >= 15 is 0 Å². The SMILES string of the molecule is CCN(C[C@H]1CC(=O)NC1=O)c1cccc(OC(C)C)c1. The lowest BCUT2D eigenvalue weighted by Gasteiger charge is -2.25. The molecule has 1 N–H and O–H groups in total. The molecule has 1 saturated heterocycles. The van der Waals surface area contributed by atoms with E-state index in [0.29, 0.717) is 6.54 Å². The van der Waals surface area contributed by atoms with E-state index in [1.807, 2.05) is 45.0 Å². The van der Waals surface area contributed by atoms with Gasteiger partial charge in [-0.1, -0.05) is 6.07 Å². The highest BCUT2D eigenvalue weighted by Gasteiger charge is 2.31. The summed E-state index contributed by atoms with van der Waals surface area (Å²) in [6.07, 6.45) is 0.394. The third kappa shape index (κ3) is 3.97. The Labute approximate surface area is 125 Å². The Hall–Kier alpha value is -2.04. The molecule has 0 bridgehead atoms. The Kier molecular flexibility index (Phi) is 4.83. The summed E-state index contributed by atoms with van der Waals surface area (Å²) in [6, 6.07) is 7.82. The molecule has 1 heterocycles. The number of anilines is 1. The van der Waals surface area contributed by atoms with Crippen LogP contribution >= 0.6 is 0 Å². The number of hydrogen-bond donors (Lipinski definition) is 1. The summed E-state index contributed by atoms with van der Waals surface area (Å²) >= 11 is 0. The van der Waals surface area contributed by atoms with Crippen LogP contribution in [0.2, 0.25) is 0 Å². The molecular weight excluding hydrogens is 268 g/mol. The summed E-state index contributed by atoms with van der Waals surface area (Å²) in [5, 5.41) is 2.36. The number of rotatable bonds is 6. The average molecular weight is 290 g/mol. The maximum Gasteiger partial charge on any atom is 0.231 e. The van der Waals surface area contributed by atoms with E-state index in [0.717, 1.165) is 18.0 Å². The Bertz CT molecular complexity index is 528. The van der Waals surface area contributed by atoms with Crippen molar-refractivity contribution in [2.24, 2.45) is 5.92 Å². The molecule has 0 unspecified atom stereocenters. The third-order valence-corrected chi connectivity index (χ3v) is 3.44. The minimum atomic E-state index is -0.271.